The SMILES string of the molecule is CS(=O)(=O)N1C[C@H]2CN(C(=O)Cc3cccc(F)c3)[C@H](c3ccccc3)[C@H]2C1. The van der Waals surface area contributed by atoms with Crippen LogP contribution in [-0.2, 0) is 21.2 Å². The highest BCUT2D eigenvalue weighted by molar-refractivity contribution is 7.88. The minimum Gasteiger partial charge on any atom is -0.335 e. The fraction of sp³-hybridized carbons (Fsp3) is 0.381. The Bertz CT molecular complexity index is 980. The van der Waals surface area contributed by atoms with Crippen molar-refractivity contribution in [1.82, 2.24) is 9.21 Å². The molecule has 2 saturated heterocycles. The lowest BCUT2D eigenvalue weighted by molar-refractivity contribution is -0.132. The van der Waals surface area contributed by atoms with Crippen molar-refractivity contribution in [2.24, 2.45) is 11.8 Å². The van der Waals surface area contributed by atoms with Crippen molar-refractivity contribution in [3.05, 3.63) is 71.5 Å². The molecule has 2 aromatic rings. The predicted octanol–water partition coefficient (Wildman–Crippen LogP) is 2.46. The van der Waals surface area contributed by atoms with Gasteiger partial charge in [0.05, 0.1) is 18.7 Å². The van der Waals surface area contributed by atoms with Gasteiger partial charge in [-0.15, -0.1) is 0 Å². The van der Waals surface area contributed by atoms with Crippen molar-refractivity contribution in [3.8, 4) is 0 Å². The Balaban J connectivity index is 1.61. The molecule has 0 aliphatic carbocycles. The second-order valence-electron chi connectivity index (χ2n) is 7.71. The molecular formula is C21H23FN2O3S. The van der Waals surface area contributed by atoms with Gasteiger partial charge in [-0.05, 0) is 29.2 Å². The van der Waals surface area contributed by atoms with Gasteiger partial charge in [-0.2, -0.15) is 0 Å². The summed E-state index contributed by atoms with van der Waals surface area (Å²) in [5.41, 5.74) is 1.66. The lowest BCUT2D eigenvalue weighted by atomic mass is 9.89. The number of amides is 1. The number of fused-ring (bicyclic) bond motifs is 1. The molecule has 7 heteroatoms. The highest BCUT2D eigenvalue weighted by Crippen LogP contribution is 2.45. The molecule has 0 bridgehead atoms. The zero-order valence-corrected chi connectivity index (χ0v) is 16.5. The molecule has 5 nitrogen and oxygen atoms in total. The second-order valence-corrected chi connectivity index (χ2v) is 9.69. The lowest BCUT2D eigenvalue weighted by Gasteiger charge is -2.29. The van der Waals surface area contributed by atoms with E-state index in [2.05, 4.69) is 0 Å². The van der Waals surface area contributed by atoms with Gasteiger partial charge in [0, 0.05) is 25.6 Å². The summed E-state index contributed by atoms with van der Waals surface area (Å²) in [7, 11) is -3.25. The van der Waals surface area contributed by atoms with Crippen molar-refractivity contribution in [1.29, 1.82) is 0 Å². The zero-order chi connectivity index (χ0) is 19.9. The first-order valence-electron chi connectivity index (χ1n) is 9.37. The fourth-order valence-corrected chi connectivity index (χ4v) is 5.44. The summed E-state index contributed by atoms with van der Waals surface area (Å²) in [5.74, 6) is -0.239. The number of halogens is 1. The molecule has 2 aliphatic rings. The molecule has 4 rings (SSSR count). The zero-order valence-electron chi connectivity index (χ0n) is 15.7. The molecular weight excluding hydrogens is 379 g/mol. The van der Waals surface area contributed by atoms with Gasteiger partial charge in [0.25, 0.3) is 0 Å². The highest BCUT2D eigenvalue weighted by Gasteiger charge is 2.50. The molecule has 2 aliphatic heterocycles. The average Bonchev–Trinajstić information content (AvgIpc) is 3.20. The van der Waals surface area contributed by atoms with Crippen LogP contribution in [0.1, 0.15) is 17.2 Å². The molecule has 0 N–H and O–H groups in total. The molecule has 1 amide bonds. The number of carbonyl (C=O) groups is 1. The maximum absolute atomic E-state index is 13.5. The van der Waals surface area contributed by atoms with Gasteiger partial charge in [-0.3, -0.25) is 4.79 Å². The predicted molar refractivity (Wildman–Crippen MR) is 104 cm³/mol. The minimum atomic E-state index is -3.25. The Labute approximate surface area is 164 Å². The summed E-state index contributed by atoms with van der Waals surface area (Å²) in [5, 5.41) is 0. The topological polar surface area (TPSA) is 57.7 Å². The van der Waals surface area contributed by atoms with Crippen molar-refractivity contribution in [2.75, 3.05) is 25.9 Å². The summed E-state index contributed by atoms with van der Waals surface area (Å²) >= 11 is 0. The van der Waals surface area contributed by atoms with E-state index in [-0.39, 0.29) is 36.0 Å². The van der Waals surface area contributed by atoms with Gasteiger partial charge in [0.1, 0.15) is 5.82 Å². The van der Waals surface area contributed by atoms with E-state index in [0.29, 0.717) is 25.2 Å². The van der Waals surface area contributed by atoms with Gasteiger partial charge < -0.3 is 4.90 Å². The van der Waals surface area contributed by atoms with Crippen LogP contribution < -0.4 is 0 Å². The van der Waals surface area contributed by atoms with E-state index in [0.717, 1.165) is 5.56 Å². The van der Waals surface area contributed by atoms with Gasteiger partial charge in [0.15, 0.2) is 0 Å². The standard InChI is InChI=1S/C21H23FN2O3S/c1-28(26,27)23-12-17-13-24(20(25)11-15-6-5-9-18(22)10-15)21(19(17)14-23)16-7-3-2-4-8-16/h2-10,17,19,21H,11-14H2,1H3/t17-,19-,21+/m0/s1. The Morgan fingerprint density at radius 1 is 1.07 bits per heavy atom. The Kier molecular flexibility index (Phi) is 4.97. The Morgan fingerprint density at radius 2 is 1.82 bits per heavy atom. The van der Waals surface area contributed by atoms with Crippen LogP contribution in [0.2, 0.25) is 0 Å². The lowest BCUT2D eigenvalue weighted by Crippen LogP contribution is -2.37. The molecule has 0 unspecified atom stereocenters. The number of benzene rings is 2. The number of carbonyl (C=O) groups excluding carboxylic acids is 1. The van der Waals surface area contributed by atoms with E-state index in [9.17, 15) is 17.6 Å². The van der Waals surface area contributed by atoms with Crippen molar-refractivity contribution in [3.63, 3.8) is 0 Å². The van der Waals surface area contributed by atoms with Gasteiger partial charge in [-0.25, -0.2) is 17.1 Å². The minimum absolute atomic E-state index is 0.0558. The maximum atomic E-state index is 13.5. The van der Waals surface area contributed by atoms with Crippen molar-refractivity contribution < 1.29 is 17.6 Å². The third-order valence-corrected chi connectivity index (χ3v) is 7.04. The van der Waals surface area contributed by atoms with E-state index in [1.807, 2.05) is 35.2 Å². The first-order chi connectivity index (χ1) is 13.3. The molecule has 0 radical (unpaired) electrons. The van der Waals surface area contributed by atoms with Gasteiger partial charge in [-0.1, -0.05) is 42.5 Å². The summed E-state index contributed by atoms with van der Waals surface area (Å²) in [6.07, 6.45) is 1.37. The second kappa shape index (κ2) is 7.29. The summed E-state index contributed by atoms with van der Waals surface area (Å²) in [4.78, 5) is 14.9. The van der Waals surface area contributed by atoms with E-state index in [1.165, 1.54) is 22.7 Å². The van der Waals surface area contributed by atoms with Crippen molar-refractivity contribution >= 4 is 15.9 Å². The third kappa shape index (κ3) is 3.69. The summed E-state index contributed by atoms with van der Waals surface area (Å²) in [6, 6.07) is 15.7. The quantitative estimate of drug-likeness (QED) is 0.789. The largest absolute Gasteiger partial charge is 0.335 e. The van der Waals surface area contributed by atoms with Crippen LogP contribution in [0.3, 0.4) is 0 Å². The number of sulfonamides is 1. The molecule has 0 aromatic heterocycles. The Morgan fingerprint density at radius 3 is 2.50 bits per heavy atom. The van der Waals surface area contributed by atoms with Crippen LogP contribution >= 0.6 is 0 Å². The molecule has 2 fully saturated rings. The number of hydrogen-bond acceptors (Lipinski definition) is 3. The van der Waals surface area contributed by atoms with Crippen LogP contribution in [0.25, 0.3) is 0 Å². The number of likely N-dealkylation sites (tertiary alicyclic amines) is 1. The summed E-state index contributed by atoms with van der Waals surface area (Å²) in [6.45, 7) is 1.38. The molecule has 148 valence electrons. The first kappa shape index (κ1) is 19.1. The number of rotatable bonds is 4. The Hall–Kier alpha value is -2.25. The van der Waals surface area contributed by atoms with Crippen LogP contribution in [0.5, 0.6) is 0 Å². The normalized spacial score (nSPS) is 25.1. The molecule has 0 saturated carbocycles. The van der Waals surface area contributed by atoms with Crippen LogP contribution in [0.15, 0.2) is 54.6 Å². The third-order valence-electron chi connectivity index (χ3n) is 5.81. The van der Waals surface area contributed by atoms with Gasteiger partial charge in [0.2, 0.25) is 15.9 Å². The molecule has 0 spiro atoms. The average molecular weight is 402 g/mol. The number of hydrogen-bond donors (Lipinski definition) is 0. The molecule has 28 heavy (non-hydrogen) atoms. The maximum Gasteiger partial charge on any atom is 0.227 e. The summed E-state index contributed by atoms with van der Waals surface area (Å²) < 4.78 is 39.0. The van der Waals surface area contributed by atoms with Gasteiger partial charge >= 0.3 is 0 Å². The van der Waals surface area contributed by atoms with E-state index >= 15 is 0 Å². The molecule has 2 aromatic carbocycles. The van der Waals surface area contributed by atoms with Crippen LogP contribution in [0, 0.1) is 17.7 Å². The highest BCUT2D eigenvalue weighted by atomic mass is 32.2. The monoisotopic (exact) mass is 402 g/mol. The fourth-order valence-electron chi connectivity index (χ4n) is 4.53. The van der Waals surface area contributed by atoms with E-state index < -0.39 is 10.0 Å². The smallest absolute Gasteiger partial charge is 0.227 e. The van der Waals surface area contributed by atoms with Crippen molar-refractivity contribution in [2.45, 2.75) is 12.5 Å². The van der Waals surface area contributed by atoms with Crippen LogP contribution in [-0.4, -0.2) is 49.4 Å². The van der Waals surface area contributed by atoms with E-state index in [4.69, 9.17) is 0 Å². The van der Waals surface area contributed by atoms with E-state index in [1.54, 1.807) is 12.1 Å². The molecule has 3 atom stereocenters. The first-order valence-corrected chi connectivity index (χ1v) is 11.2. The van der Waals surface area contributed by atoms with Crippen LogP contribution in [0.4, 0.5) is 4.39 Å². The number of nitrogens with zero attached hydrogens (tertiary/aromatic N) is 2. The molecule has 2 heterocycles.